The fourth-order valence-electron chi connectivity index (χ4n) is 1.81. The van der Waals surface area contributed by atoms with Gasteiger partial charge >= 0.3 is 10.4 Å². The van der Waals surface area contributed by atoms with Gasteiger partial charge in [-0.3, -0.25) is 4.55 Å². The molecule has 1 N–H and O–H groups in total. The Bertz CT molecular complexity index is 257. The Morgan fingerprint density at radius 1 is 1.07 bits per heavy atom. The Kier molecular flexibility index (Phi) is 5.52. The molecule has 1 fully saturated rings. The van der Waals surface area contributed by atoms with E-state index in [4.69, 9.17) is 4.55 Å². The van der Waals surface area contributed by atoms with Gasteiger partial charge in [0.05, 0.1) is 6.61 Å². The van der Waals surface area contributed by atoms with Gasteiger partial charge in [-0.25, -0.2) is 4.18 Å². The number of likely N-dealkylation sites (tertiary alicyclic amines) is 1. The summed E-state index contributed by atoms with van der Waals surface area (Å²) in [6.07, 6.45) is 6.11. The lowest BCUT2D eigenvalue weighted by Crippen LogP contribution is -2.31. The zero-order chi connectivity index (χ0) is 11.1. The number of nitrogens with zero attached hydrogens (tertiary/aromatic N) is 1. The molecule has 5 nitrogen and oxygen atoms in total. The first-order valence-electron chi connectivity index (χ1n) is 5.42. The molecule has 0 unspecified atom stereocenters. The molecule has 15 heavy (non-hydrogen) atoms. The molecule has 0 amide bonds. The highest BCUT2D eigenvalue weighted by molar-refractivity contribution is 7.80. The molecular formula is C9H19NO4S. The Labute approximate surface area is 91.4 Å². The van der Waals surface area contributed by atoms with Crippen molar-refractivity contribution in [3.63, 3.8) is 0 Å². The highest BCUT2D eigenvalue weighted by atomic mass is 32.3. The lowest BCUT2D eigenvalue weighted by molar-refractivity contribution is 0.186. The van der Waals surface area contributed by atoms with Crippen molar-refractivity contribution < 1.29 is 17.2 Å². The first-order valence-corrected chi connectivity index (χ1v) is 6.79. The smallest absolute Gasteiger partial charge is 0.301 e. The van der Waals surface area contributed by atoms with Gasteiger partial charge < -0.3 is 4.90 Å². The second-order valence-electron chi connectivity index (χ2n) is 3.86. The van der Waals surface area contributed by atoms with Crippen LogP contribution in [0.25, 0.3) is 0 Å². The van der Waals surface area contributed by atoms with Crippen molar-refractivity contribution in [1.82, 2.24) is 4.90 Å². The van der Waals surface area contributed by atoms with Gasteiger partial charge in [0.25, 0.3) is 0 Å². The van der Waals surface area contributed by atoms with Gasteiger partial charge in [-0.1, -0.05) is 19.3 Å². The van der Waals surface area contributed by atoms with E-state index in [9.17, 15) is 8.42 Å². The Morgan fingerprint density at radius 3 is 2.13 bits per heavy atom. The molecule has 1 saturated heterocycles. The van der Waals surface area contributed by atoms with Gasteiger partial charge in [0, 0.05) is 6.54 Å². The normalized spacial score (nSPS) is 20.9. The zero-order valence-electron chi connectivity index (χ0n) is 8.89. The van der Waals surface area contributed by atoms with Crippen molar-refractivity contribution in [2.45, 2.75) is 32.1 Å². The summed E-state index contributed by atoms with van der Waals surface area (Å²) < 4.78 is 33.3. The Hall–Kier alpha value is -0.170. The van der Waals surface area contributed by atoms with Crippen LogP contribution >= 0.6 is 0 Å². The van der Waals surface area contributed by atoms with Crippen LogP contribution in [0, 0.1) is 0 Å². The third-order valence-electron chi connectivity index (χ3n) is 2.59. The topological polar surface area (TPSA) is 66.8 Å². The Balaban J connectivity index is 2.18. The Morgan fingerprint density at radius 2 is 1.60 bits per heavy atom. The van der Waals surface area contributed by atoms with Crippen molar-refractivity contribution in [1.29, 1.82) is 0 Å². The summed E-state index contributed by atoms with van der Waals surface area (Å²) >= 11 is 0. The monoisotopic (exact) mass is 237 g/mol. The van der Waals surface area contributed by atoms with Gasteiger partial charge in [0.2, 0.25) is 0 Å². The van der Waals surface area contributed by atoms with E-state index >= 15 is 0 Å². The maximum Gasteiger partial charge on any atom is 0.397 e. The van der Waals surface area contributed by atoms with Gasteiger partial charge in [-0.2, -0.15) is 8.42 Å². The van der Waals surface area contributed by atoms with E-state index in [1.54, 1.807) is 0 Å². The van der Waals surface area contributed by atoms with E-state index < -0.39 is 10.4 Å². The van der Waals surface area contributed by atoms with Crippen LogP contribution < -0.4 is 0 Å². The molecule has 0 aromatic carbocycles. The molecule has 0 radical (unpaired) electrons. The van der Waals surface area contributed by atoms with E-state index in [1.165, 1.54) is 19.3 Å². The second-order valence-corrected chi connectivity index (χ2v) is 4.95. The van der Waals surface area contributed by atoms with Crippen LogP contribution in [-0.4, -0.2) is 44.1 Å². The summed E-state index contributed by atoms with van der Waals surface area (Å²) in [6, 6.07) is 0. The average molecular weight is 237 g/mol. The van der Waals surface area contributed by atoms with Crippen LogP contribution in [0.4, 0.5) is 0 Å². The molecule has 1 aliphatic rings. The van der Waals surface area contributed by atoms with Gasteiger partial charge in [-0.05, 0) is 25.9 Å². The van der Waals surface area contributed by atoms with Crippen LogP contribution in [0.1, 0.15) is 32.1 Å². The first kappa shape index (κ1) is 12.9. The molecule has 0 bridgehead atoms. The van der Waals surface area contributed by atoms with E-state index in [0.29, 0.717) is 6.54 Å². The summed E-state index contributed by atoms with van der Waals surface area (Å²) in [5.41, 5.74) is 0. The van der Waals surface area contributed by atoms with E-state index in [2.05, 4.69) is 9.08 Å². The molecule has 0 atom stereocenters. The fraction of sp³-hybridized carbons (Fsp3) is 1.00. The highest BCUT2D eigenvalue weighted by Gasteiger charge is 2.10. The number of hydrogen-bond acceptors (Lipinski definition) is 4. The summed E-state index contributed by atoms with van der Waals surface area (Å²) in [6.45, 7) is 2.60. The maximum absolute atomic E-state index is 10.3. The van der Waals surface area contributed by atoms with Crippen molar-refractivity contribution >= 4 is 10.4 Å². The van der Waals surface area contributed by atoms with Crippen LogP contribution in [-0.2, 0) is 14.6 Å². The quantitative estimate of drug-likeness (QED) is 0.741. The third kappa shape index (κ3) is 6.83. The van der Waals surface area contributed by atoms with Gasteiger partial charge in [-0.15, -0.1) is 0 Å². The SMILES string of the molecule is O=S(=O)(O)OCCN1CCCCCCC1. The predicted molar refractivity (Wildman–Crippen MR) is 57.0 cm³/mol. The molecule has 0 aromatic heterocycles. The van der Waals surface area contributed by atoms with Gasteiger partial charge in [0.1, 0.15) is 0 Å². The van der Waals surface area contributed by atoms with Crippen LogP contribution in [0.2, 0.25) is 0 Å². The molecule has 1 rings (SSSR count). The van der Waals surface area contributed by atoms with Crippen molar-refractivity contribution in [3.8, 4) is 0 Å². The lowest BCUT2D eigenvalue weighted by Gasteiger charge is -2.23. The van der Waals surface area contributed by atoms with Crippen LogP contribution in [0.15, 0.2) is 0 Å². The molecule has 0 aromatic rings. The van der Waals surface area contributed by atoms with E-state index in [0.717, 1.165) is 25.9 Å². The minimum Gasteiger partial charge on any atom is -0.301 e. The summed E-state index contributed by atoms with van der Waals surface area (Å²) in [5.74, 6) is 0. The van der Waals surface area contributed by atoms with Crippen LogP contribution in [0.3, 0.4) is 0 Å². The lowest BCUT2D eigenvalue weighted by atomic mass is 10.1. The first-order chi connectivity index (χ1) is 7.08. The summed E-state index contributed by atoms with van der Waals surface area (Å²) in [4.78, 5) is 2.18. The fourth-order valence-corrected chi connectivity index (χ4v) is 2.09. The maximum atomic E-state index is 10.3. The molecule has 1 aliphatic heterocycles. The molecule has 0 aliphatic carbocycles. The van der Waals surface area contributed by atoms with Crippen molar-refractivity contribution in [2.75, 3.05) is 26.2 Å². The zero-order valence-corrected chi connectivity index (χ0v) is 9.71. The largest absolute Gasteiger partial charge is 0.397 e. The standard InChI is InChI=1S/C9H19NO4S/c11-15(12,13)14-9-8-10-6-4-2-1-3-5-7-10/h1-9H2,(H,11,12,13). The molecule has 1 heterocycles. The van der Waals surface area contributed by atoms with E-state index in [-0.39, 0.29) is 6.61 Å². The summed E-state index contributed by atoms with van der Waals surface area (Å²) in [5, 5.41) is 0. The summed E-state index contributed by atoms with van der Waals surface area (Å²) in [7, 11) is -4.27. The third-order valence-corrected chi connectivity index (χ3v) is 3.05. The molecule has 90 valence electrons. The number of hydrogen-bond donors (Lipinski definition) is 1. The van der Waals surface area contributed by atoms with E-state index in [1.807, 2.05) is 0 Å². The average Bonchev–Trinajstić information content (AvgIpc) is 2.06. The second kappa shape index (κ2) is 6.42. The van der Waals surface area contributed by atoms with Gasteiger partial charge in [0.15, 0.2) is 0 Å². The molecule has 0 spiro atoms. The molecule has 0 saturated carbocycles. The minimum absolute atomic E-state index is 0.0405. The molecule has 6 heteroatoms. The predicted octanol–water partition coefficient (Wildman–Crippen LogP) is 1.07. The highest BCUT2D eigenvalue weighted by Crippen LogP contribution is 2.09. The van der Waals surface area contributed by atoms with Crippen molar-refractivity contribution in [2.24, 2.45) is 0 Å². The minimum atomic E-state index is -4.27. The number of rotatable bonds is 4. The van der Waals surface area contributed by atoms with Crippen molar-refractivity contribution in [3.05, 3.63) is 0 Å². The van der Waals surface area contributed by atoms with Crippen LogP contribution in [0.5, 0.6) is 0 Å². The molecular weight excluding hydrogens is 218 g/mol.